The highest BCUT2D eigenvalue weighted by molar-refractivity contribution is 6.31. The molecule has 176 valence electrons. The standard InChI is InChI=1S/C23H33ClN4O4/c1-16(28(22(29)30)23(2,3)4)14-32-15-19-21(24)20-13-26(10-11-27(20)25-19)12-17-6-8-18(31-5)9-7-17/h6-9,16H,10-15H2,1-5H3,(H,29,30). The fourth-order valence-electron chi connectivity index (χ4n) is 4.15. The lowest BCUT2D eigenvalue weighted by molar-refractivity contribution is 0.0209. The minimum atomic E-state index is -0.957. The van der Waals surface area contributed by atoms with Crippen LogP contribution in [0.25, 0.3) is 0 Å². The highest BCUT2D eigenvalue weighted by Gasteiger charge is 2.31. The molecule has 0 saturated carbocycles. The van der Waals surface area contributed by atoms with Gasteiger partial charge in [0.25, 0.3) is 0 Å². The minimum absolute atomic E-state index is 0.249. The molecule has 0 aliphatic carbocycles. The van der Waals surface area contributed by atoms with Gasteiger partial charge in [-0.2, -0.15) is 5.10 Å². The van der Waals surface area contributed by atoms with Gasteiger partial charge in [0, 0.05) is 25.2 Å². The summed E-state index contributed by atoms with van der Waals surface area (Å²) in [5, 5.41) is 14.8. The van der Waals surface area contributed by atoms with E-state index >= 15 is 0 Å². The molecule has 0 bridgehead atoms. The first-order valence-corrected chi connectivity index (χ1v) is 11.2. The van der Waals surface area contributed by atoms with E-state index in [1.54, 1.807) is 7.11 Å². The summed E-state index contributed by atoms with van der Waals surface area (Å²) in [5.41, 5.74) is 2.39. The Labute approximate surface area is 194 Å². The molecule has 1 aromatic heterocycles. The van der Waals surface area contributed by atoms with E-state index in [2.05, 4.69) is 22.1 Å². The molecule has 8 nitrogen and oxygen atoms in total. The monoisotopic (exact) mass is 464 g/mol. The molecule has 9 heteroatoms. The summed E-state index contributed by atoms with van der Waals surface area (Å²) in [6, 6.07) is 7.80. The summed E-state index contributed by atoms with van der Waals surface area (Å²) >= 11 is 6.64. The van der Waals surface area contributed by atoms with Crippen molar-refractivity contribution in [3.63, 3.8) is 0 Å². The molecule has 0 fully saturated rings. The summed E-state index contributed by atoms with van der Waals surface area (Å²) in [6.45, 7) is 11.2. The van der Waals surface area contributed by atoms with Gasteiger partial charge in [-0.05, 0) is 45.4 Å². The van der Waals surface area contributed by atoms with Crippen molar-refractivity contribution in [3.8, 4) is 5.75 Å². The predicted octanol–water partition coefficient (Wildman–Crippen LogP) is 4.24. The number of hydrogen-bond donors (Lipinski definition) is 1. The zero-order valence-corrected chi connectivity index (χ0v) is 20.2. The third-order valence-corrected chi connectivity index (χ3v) is 6.03. The number of carboxylic acid groups (broad SMARTS) is 1. The molecular formula is C23H33ClN4O4. The van der Waals surface area contributed by atoms with Crippen molar-refractivity contribution >= 4 is 17.7 Å². The molecule has 1 N–H and O–H groups in total. The first-order valence-electron chi connectivity index (χ1n) is 10.8. The highest BCUT2D eigenvalue weighted by Crippen LogP contribution is 2.27. The number of fused-ring (bicyclic) bond motifs is 1. The average Bonchev–Trinajstić information content (AvgIpc) is 3.02. The van der Waals surface area contributed by atoms with Crippen molar-refractivity contribution in [3.05, 3.63) is 46.2 Å². The number of hydrogen-bond acceptors (Lipinski definition) is 5. The molecule has 1 atom stereocenters. The second-order valence-corrected chi connectivity index (χ2v) is 9.55. The van der Waals surface area contributed by atoms with Crippen LogP contribution < -0.4 is 4.74 Å². The summed E-state index contributed by atoms with van der Waals surface area (Å²) in [4.78, 5) is 15.4. The van der Waals surface area contributed by atoms with Crippen molar-refractivity contribution in [2.45, 2.75) is 65.5 Å². The van der Waals surface area contributed by atoms with Crippen molar-refractivity contribution < 1.29 is 19.4 Å². The number of aromatic nitrogens is 2. The van der Waals surface area contributed by atoms with E-state index in [0.717, 1.165) is 31.1 Å². The van der Waals surface area contributed by atoms with Gasteiger partial charge < -0.3 is 14.6 Å². The van der Waals surface area contributed by atoms with Crippen LogP contribution in [0.4, 0.5) is 4.79 Å². The average molecular weight is 465 g/mol. The van der Waals surface area contributed by atoms with Gasteiger partial charge in [-0.3, -0.25) is 14.5 Å². The molecule has 2 aromatic rings. The van der Waals surface area contributed by atoms with Gasteiger partial charge in [-0.15, -0.1) is 0 Å². The maximum atomic E-state index is 11.6. The van der Waals surface area contributed by atoms with Crippen molar-refractivity contribution in [2.75, 3.05) is 20.3 Å². The van der Waals surface area contributed by atoms with Crippen molar-refractivity contribution in [1.82, 2.24) is 19.6 Å². The summed E-state index contributed by atoms with van der Waals surface area (Å²) in [6.07, 6.45) is -0.957. The lowest BCUT2D eigenvalue weighted by atomic mass is 10.0. The van der Waals surface area contributed by atoms with Gasteiger partial charge in [0.2, 0.25) is 0 Å². The molecule has 1 aromatic carbocycles. The molecule has 0 spiro atoms. The number of carbonyl (C=O) groups is 1. The van der Waals surface area contributed by atoms with Crippen LogP contribution in [0.5, 0.6) is 5.75 Å². The Morgan fingerprint density at radius 3 is 2.56 bits per heavy atom. The summed E-state index contributed by atoms with van der Waals surface area (Å²) in [5.74, 6) is 0.849. The van der Waals surface area contributed by atoms with Crippen LogP contribution in [0, 0.1) is 0 Å². The predicted molar refractivity (Wildman–Crippen MR) is 123 cm³/mol. The van der Waals surface area contributed by atoms with Gasteiger partial charge in [-0.25, -0.2) is 4.79 Å². The number of ether oxygens (including phenoxy) is 2. The number of methoxy groups -OCH3 is 1. The first kappa shape index (κ1) is 24.4. The smallest absolute Gasteiger partial charge is 0.408 e. The zero-order chi connectivity index (χ0) is 23.5. The van der Waals surface area contributed by atoms with Crippen LogP contribution in [0.3, 0.4) is 0 Å². The topological polar surface area (TPSA) is 80.1 Å². The maximum absolute atomic E-state index is 11.6. The van der Waals surface area contributed by atoms with Gasteiger partial charge in [0.15, 0.2) is 0 Å². The van der Waals surface area contributed by atoms with Gasteiger partial charge in [0.1, 0.15) is 11.4 Å². The first-order chi connectivity index (χ1) is 15.1. The van der Waals surface area contributed by atoms with E-state index in [1.165, 1.54) is 10.5 Å². The molecule has 0 radical (unpaired) electrons. The van der Waals surface area contributed by atoms with Gasteiger partial charge in [-0.1, -0.05) is 23.7 Å². The van der Waals surface area contributed by atoms with E-state index in [1.807, 2.05) is 44.5 Å². The Balaban J connectivity index is 1.58. The highest BCUT2D eigenvalue weighted by atomic mass is 35.5. The maximum Gasteiger partial charge on any atom is 0.408 e. The van der Waals surface area contributed by atoms with Crippen LogP contribution in [0.15, 0.2) is 24.3 Å². The second kappa shape index (κ2) is 10.1. The molecule has 3 rings (SSSR count). The third kappa shape index (κ3) is 5.74. The Morgan fingerprint density at radius 2 is 1.97 bits per heavy atom. The van der Waals surface area contributed by atoms with Gasteiger partial charge >= 0.3 is 6.09 Å². The van der Waals surface area contributed by atoms with E-state index in [0.29, 0.717) is 17.3 Å². The normalized spacial score (nSPS) is 15.3. The SMILES string of the molecule is COc1ccc(CN2CCn3nc(COCC(C)N(C(=O)O)C(C)(C)C)c(Cl)c3C2)cc1. The van der Waals surface area contributed by atoms with Crippen LogP contribution in [-0.2, 0) is 31.0 Å². The molecule has 1 amide bonds. The Hall–Kier alpha value is -2.29. The number of amides is 1. The van der Waals surface area contributed by atoms with Crippen molar-refractivity contribution in [2.24, 2.45) is 0 Å². The lowest BCUT2D eigenvalue weighted by Gasteiger charge is -2.37. The zero-order valence-electron chi connectivity index (χ0n) is 19.5. The number of benzene rings is 1. The summed E-state index contributed by atoms with van der Waals surface area (Å²) in [7, 11) is 1.66. The van der Waals surface area contributed by atoms with Gasteiger partial charge in [0.05, 0.1) is 43.6 Å². The Morgan fingerprint density at radius 1 is 1.28 bits per heavy atom. The van der Waals surface area contributed by atoms with Crippen LogP contribution >= 0.6 is 11.6 Å². The minimum Gasteiger partial charge on any atom is -0.497 e. The van der Waals surface area contributed by atoms with Crippen LogP contribution in [0.1, 0.15) is 44.6 Å². The fraction of sp³-hybridized carbons (Fsp3) is 0.565. The Kier molecular flexibility index (Phi) is 7.69. The molecular weight excluding hydrogens is 432 g/mol. The van der Waals surface area contributed by atoms with E-state index in [9.17, 15) is 9.90 Å². The molecule has 1 aliphatic rings. The number of nitrogens with zero attached hydrogens (tertiary/aromatic N) is 4. The fourth-order valence-corrected chi connectivity index (χ4v) is 4.40. The molecule has 32 heavy (non-hydrogen) atoms. The lowest BCUT2D eigenvalue weighted by Crippen LogP contribution is -2.51. The second-order valence-electron chi connectivity index (χ2n) is 9.18. The molecule has 1 unspecified atom stereocenters. The molecule has 0 saturated heterocycles. The molecule has 2 heterocycles. The largest absolute Gasteiger partial charge is 0.497 e. The third-order valence-electron chi connectivity index (χ3n) is 5.59. The van der Waals surface area contributed by atoms with E-state index in [-0.39, 0.29) is 19.3 Å². The summed E-state index contributed by atoms with van der Waals surface area (Å²) < 4.78 is 13.0. The van der Waals surface area contributed by atoms with E-state index < -0.39 is 11.6 Å². The van der Waals surface area contributed by atoms with Crippen molar-refractivity contribution in [1.29, 1.82) is 0 Å². The van der Waals surface area contributed by atoms with Crippen LogP contribution in [0.2, 0.25) is 5.02 Å². The van der Waals surface area contributed by atoms with Crippen LogP contribution in [-0.4, -0.2) is 62.6 Å². The Bertz CT molecular complexity index is 923. The quantitative estimate of drug-likeness (QED) is 0.629. The van der Waals surface area contributed by atoms with E-state index in [4.69, 9.17) is 21.1 Å². The molecule has 1 aliphatic heterocycles. The number of halogens is 1. The number of rotatable bonds is 8.